The minimum atomic E-state index is -0.545. The Kier molecular flexibility index (Phi) is 5.97. The topological polar surface area (TPSA) is 99.3 Å². The maximum absolute atomic E-state index is 12.2. The fourth-order valence-corrected chi connectivity index (χ4v) is 4.24. The minimum Gasteiger partial charge on any atom is -0.449 e. The van der Waals surface area contributed by atoms with Crippen LogP contribution in [0.1, 0.15) is 22.6 Å². The number of hydrogen-bond acceptors (Lipinski definition) is 5. The molecule has 1 aliphatic carbocycles. The van der Waals surface area contributed by atoms with Crippen LogP contribution in [0.5, 0.6) is 0 Å². The molecule has 1 heterocycles. The molecule has 0 fully saturated rings. The number of nitro benzene ring substituents is 1. The lowest BCUT2D eigenvalue weighted by atomic mass is 9.98. The number of amides is 1. The standard InChI is InChI=1S/C27H20N4O4/c32-27(35-18-24-22-11-3-1-9-20(22)21-10-2-4-12-23(21)24)28-15-7-8-19-16-29-30(17-19)25-13-5-6-14-26(25)31(33)34/h1-6,9-14,16-17,24H,15,18H2,(H,28,32). The first-order valence-electron chi connectivity index (χ1n) is 11.0. The molecule has 0 aliphatic heterocycles. The van der Waals surface area contributed by atoms with E-state index in [0.717, 1.165) is 11.1 Å². The van der Waals surface area contributed by atoms with E-state index in [2.05, 4.69) is 46.5 Å². The Morgan fingerprint density at radius 3 is 2.40 bits per heavy atom. The van der Waals surface area contributed by atoms with Crippen molar-refractivity contribution in [2.24, 2.45) is 0 Å². The molecule has 3 aromatic carbocycles. The summed E-state index contributed by atoms with van der Waals surface area (Å²) in [4.78, 5) is 23.0. The molecule has 8 nitrogen and oxygen atoms in total. The van der Waals surface area contributed by atoms with E-state index in [1.165, 1.54) is 28.1 Å². The van der Waals surface area contributed by atoms with Crippen molar-refractivity contribution >= 4 is 11.8 Å². The molecule has 8 heteroatoms. The molecule has 0 radical (unpaired) electrons. The zero-order valence-electron chi connectivity index (χ0n) is 18.5. The Hall–Kier alpha value is -4.90. The minimum absolute atomic E-state index is 0.00730. The predicted octanol–water partition coefficient (Wildman–Crippen LogP) is 4.67. The first-order chi connectivity index (χ1) is 17.1. The molecule has 5 rings (SSSR count). The summed E-state index contributed by atoms with van der Waals surface area (Å²) < 4.78 is 6.90. The SMILES string of the molecule is O=C(NCC#Cc1cnn(-c2ccccc2[N+](=O)[O-])c1)OCC1c2ccccc2-c2ccccc21. The molecule has 0 spiro atoms. The molecule has 1 aromatic heterocycles. The molecule has 0 saturated carbocycles. The molecule has 35 heavy (non-hydrogen) atoms. The van der Waals surface area contributed by atoms with Crippen molar-refractivity contribution in [2.45, 2.75) is 5.92 Å². The Balaban J connectivity index is 1.17. The summed E-state index contributed by atoms with van der Waals surface area (Å²) >= 11 is 0. The number of nitro groups is 1. The van der Waals surface area contributed by atoms with Gasteiger partial charge in [0.25, 0.3) is 5.69 Å². The third-order valence-electron chi connectivity index (χ3n) is 5.81. The highest BCUT2D eigenvalue weighted by Crippen LogP contribution is 2.44. The van der Waals surface area contributed by atoms with Gasteiger partial charge in [0.2, 0.25) is 0 Å². The fraction of sp³-hybridized carbons (Fsp3) is 0.111. The monoisotopic (exact) mass is 464 g/mol. The molecule has 0 saturated heterocycles. The molecule has 1 aliphatic rings. The van der Waals surface area contributed by atoms with Crippen molar-refractivity contribution in [3.05, 3.63) is 112 Å². The lowest BCUT2D eigenvalue weighted by Crippen LogP contribution is -2.26. The molecule has 1 amide bonds. The number of alkyl carbamates (subject to hydrolysis) is 1. The number of benzene rings is 3. The van der Waals surface area contributed by atoms with Crippen molar-refractivity contribution in [3.63, 3.8) is 0 Å². The van der Waals surface area contributed by atoms with E-state index in [9.17, 15) is 14.9 Å². The van der Waals surface area contributed by atoms with Crippen molar-refractivity contribution in [2.75, 3.05) is 13.2 Å². The van der Waals surface area contributed by atoms with Crippen LogP contribution in [0.3, 0.4) is 0 Å². The first kappa shape index (κ1) is 21.9. The highest BCUT2D eigenvalue weighted by molar-refractivity contribution is 5.79. The number of nitrogens with one attached hydrogen (secondary N) is 1. The number of hydrogen-bond donors (Lipinski definition) is 1. The summed E-state index contributed by atoms with van der Waals surface area (Å²) in [7, 11) is 0. The van der Waals surface area contributed by atoms with E-state index >= 15 is 0 Å². The summed E-state index contributed by atoms with van der Waals surface area (Å²) in [6, 6.07) is 22.6. The average molecular weight is 464 g/mol. The van der Waals surface area contributed by atoms with Gasteiger partial charge in [-0.15, -0.1) is 0 Å². The van der Waals surface area contributed by atoms with E-state index in [1.54, 1.807) is 24.4 Å². The van der Waals surface area contributed by atoms with Crippen LogP contribution in [0, 0.1) is 22.0 Å². The van der Waals surface area contributed by atoms with Crippen LogP contribution in [-0.2, 0) is 4.74 Å². The van der Waals surface area contributed by atoms with E-state index < -0.39 is 11.0 Å². The number of aromatic nitrogens is 2. The van der Waals surface area contributed by atoms with E-state index in [1.807, 2.05) is 24.3 Å². The molecule has 1 N–H and O–H groups in total. The summed E-state index contributed by atoms with van der Waals surface area (Å²) in [5.74, 6) is 5.73. The van der Waals surface area contributed by atoms with E-state index in [0.29, 0.717) is 11.3 Å². The van der Waals surface area contributed by atoms with Crippen LogP contribution in [0.2, 0.25) is 0 Å². The van der Waals surface area contributed by atoms with Crippen LogP contribution < -0.4 is 5.32 Å². The van der Waals surface area contributed by atoms with Gasteiger partial charge >= 0.3 is 6.09 Å². The summed E-state index contributed by atoms with van der Waals surface area (Å²) in [6.07, 6.45) is 2.57. The van der Waals surface area contributed by atoms with Gasteiger partial charge in [-0.05, 0) is 28.3 Å². The molecular weight excluding hydrogens is 444 g/mol. The maximum Gasteiger partial charge on any atom is 0.407 e. The number of carbonyl (C=O) groups excluding carboxylic acids is 1. The second-order valence-electron chi connectivity index (χ2n) is 7.90. The maximum atomic E-state index is 12.2. The third kappa shape index (κ3) is 4.48. The lowest BCUT2D eigenvalue weighted by Gasteiger charge is -2.14. The van der Waals surface area contributed by atoms with Crippen LogP contribution in [-0.4, -0.2) is 33.9 Å². The molecule has 0 bridgehead atoms. The van der Waals surface area contributed by atoms with Crippen LogP contribution in [0.15, 0.2) is 85.2 Å². The van der Waals surface area contributed by atoms with Gasteiger partial charge in [0, 0.05) is 18.2 Å². The van der Waals surface area contributed by atoms with Gasteiger partial charge in [0.15, 0.2) is 0 Å². The van der Waals surface area contributed by atoms with Gasteiger partial charge in [-0.3, -0.25) is 10.1 Å². The smallest absolute Gasteiger partial charge is 0.407 e. The Morgan fingerprint density at radius 1 is 1.03 bits per heavy atom. The lowest BCUT2D eigenvalue weighted by molar-refractivity contribution is -0.384. The van der Waals surface area contributed by atoms with Gasteiger partial charge in [-0.25, -0.2) is 9.48 Å². The first-order valence-corrected chi connectivity index (χ1v) is 11.0. The van der Waals surface area contributed by atoms with Crippen LogP contribution in [0.4, 0.5) is 10.5 Å². The average Bonchev–Trinajstić information content (AvgIpc) is 3.48. The quantitative estimate of drug-likeness (QED) is 0.263. The highest BCUT2D eigenvalue weighted by atomic mass is 16.6. The number of nitrogens with zero attached hydrogens (tertiary/aromatic N) is 3. The van der Waals surface area contributed by atoms with Crippen molar-refractivity contribution in [1.29, 1.82) is 0 Å². The number of carbonyl (C=O) groups is 1. The molecule has 172 valence electrons. The van der Waals surface area contributed by atoms with Crippen molar-refractivity contribution < 1.29 is 14.5 Å². The van der Waals surface area contributed by atoms with Gasteiger partial charge < -0.3 is 10.1 Å². The molecule has 0 unspecified atom stereocenters. The predicted molar refractivity (Wildman–Crippen MR) is 130 cm³/mol. The van der Waals surface area contributed by atoms with Gasteiger partial charge in [0.05, 0.1) is 23.2 Å². The summed E-state index contributed by atoms with van der Waals surface area (Å²) in [6.45, 7) is 0.323. The van der Waals surface area contributed by atoms with E-state index in [-0.39, 0.29) is 24.8 Å². The van der Waals surface area contributed by atoms with E-state index in [4.69, 9.17) is 4.74 Å². The Labute approximate surface area is 201 Å². The normalized spacial score (nSPS) is 11.7. The van der Waals surface area contributed by atoms with Gasteiger partial charge in [-0.2, -0.15) is 5.10 Å². The van der Waals surface area contributed by atoms with Gasteiger partial charge in [-0.1, -0.05) is 72.5 Å². The summed E-state index contributed by atoms with van der Waals surface area (Å²) in [5.41, 5.74) is 5.51. The number of rotatable bonds is 5. The van der Waals surface area contributed by atoms with Crippen molar-refractivity contribution in [3.8, 4) is 28.7 Å². The molecule has 4 aromatic rings. The number of para-hydroxylation sites is 2. The molecule has 0 atom stereocenters. The second kappa shape index (κ2) is 9.53. The zero-order valence-corrected chi connectivity index (χ0v) is 18.5. The van der Waals surface area contributed by atoms with Crippen LogP contribution in [0.25, 0.3) is 16.8 Å². The summed E-state index contributed by atoms with van der Waals surface area (Å²) in [5, 5.41) is 18.0. The van der Waals surface area contributed by atoms with Crippen LogP contribution >= 0.6 is 0 Å². The van der Waals surface area contributed by atoms with Crippen molar-refractivity contribution in [1.82, 2.24) is 15.1 Å². The second-order valence-corrected chi connectivity index (χ2v) is 7.90. The fourth-order valence-electron chi connectivity index (χ4n) is 4.24. The number of fused-ring (bicyclic) bond motifs is 3. The molecular formula is C27H20N4O4. The number of ether oxygens (including phenoxy) is 1. The third-order valence-corrected chi connectivity index (χ3v) is 5.81. The van der Waals surface area contributed by atoms with Gasteiger partial charge in [0.1, 0.15) is 12.3 Å². The Bertz CT molecular complexity index is 1440. The Morgan fingerprint density at radius 2 is 1.69 bits per heavy atom. The largest absolute Gasteiger partial charge is 0.449 e. The highest BCUT2D eigenvalue weighted by Gasteiger charge is 2.28. The zero-order chi connectivity index (χ0) is 24.2.